The molecule has 0 radical (unpaired) electrons. The molecule has 0 aromatic carbocycles. The van der Waals surface area contributed by atoms with Gasteiger partial charge in [0, 0.05) is 6.42 Å². The molecule has 5 N–H and O–H groups in total. The summed E-state index contributed by atoms with van der Waals surface area (Å²) >= 11 is 0. The first kappa shape index (κ1) is 9.89. The molecule has 9 nitrogen and oxygen atoms in total. The second-order valence-corrected chi connectivity index (χ2v) is 4.22. The summed E-state index contributed by atoms with van der Waals surface area (Å²) in [5, 5.41) is 19.1. The van der Waals surface area contributed by atoms with Gasteiger partial charge in [-0.25, -0.2) is 4.98 Å². The Hall–Kier alpha value is -1.97. The summed E-state index contributed by atoms with van der Waals surface area (Å²) in [5.74, 6) is -0.0955. The molecule has 3 atom stereocenters. The Kier molecular flexibility index (Phi) is 2.24. The number of nitrogens with zero attached hydrogens (tertiary/aromatic N) is 3. The van der Waals surface area contributed by atoms with Crippen LogP contribution in [0.4, 0.5) is 5.95 Å². The molecule has 0 spiro atoms. The molecule has 9 heteroatoms. The summed E-state index contributed by atoms with van der Waals surface area (Å²) in [6.45, 7) is -2.69. The van der Waals surface area contributed by atoms with E-state index in [-0.39, 0.29) is 23.5 Å². The monoisotopic (exact) mass is 269 g/mol. The average Bonchev–Trinajstić information content (AvgIpc) is 2.91. The van der Waals surface area contributed by atoms with Crippen LogP contribution in [0.3, 0.4) is 0 Å². The Labute approximate surface area is 109 Å². The third-order valence-corrected chi connectivity index (χ3v) is 2.98. The van der Waals surface area contributed by atoms with Gasteiger partial charge >= 0.3 is 0 Å². The fourth-order valence-electron chi connectivity index (χ4n) is 2.10. The first-order valence-electron chi connectivity index (χ1n) is 6.55. The van der Waals surface area contributed by atoms with E-state index in [2.05, 4.69) is 15.0 Å². The van der Waals surface area contributed by atoms with Gasteiger partial charge in [0.2, 0.25) is 5.95 Å². The standard InChI is InChI=1S/C10H13N5O4/c11-10-13-8-7(9(18)14-10)12-3-15(8)6-1-4(17)5(2-16)19-6/h3-6,16-17H,1-2H2,(H3,11,13,14,18)/t4-,5+,6+/m0/s1/i2D2. The van der Waals surface area contributed by atoms with E-state index in [1.54, 1.807) is 0 Å². The molecular weight excluding hydrogens is 254 g/mol. The SMILES string of the molecule is [2H]C([2H])(O)[C@H]1O[C@@H](n2cnc3c(=O)[nH]c(N)nc32)C[C@@H]1O. The first-order valence-corrected chi connectivity index (χ1v) is 5.55. The van der Waals surface area contributed by atoms with Crippen molar-refractivity contribution in [1.82, 2.24) is 19.5 Å². The van der Waals surface area contributed by atoms with Gasteiger partial charge in [-0.3, -0.25) is 14.3 Å². The Bertz CT molecular complexity index is 739. The summed E-state index contributed by atoms with van der Waals surface area (Å²) in [6.07, 6.45) is -2.11. The van der Waals surface area contributed by atoms with Crippen molar-refractivity contribution >= 4 is 17.1 Å². The second kappa shape index (κ2) is 4.30. The zero-order valence-corrected chi connectivity index (χ0v) is 9.65. The van der Waals surface area contributed by atoms with Gasteiger partial charge in [-0.05, 0) is 0 Å². The molecule has 0 bridgehead atoms. The van der Waals surface area contributed by atoms with E-state index in [1.807, 2.05) is 0 Å². The van der Waals surface area contributed by atoms with Crippen LogP contribution in [0.25, 0.3) is 11.2 Å². The van der Waals surface area contributed by atoms with Crippen LogP contribution in [0.15, 0.2) is 11.1 Å². The molecule has 0 aliphatic carbocycles. The van der Waals surface area contributed by atoms with E-state index in [9.17, 15) is 15.0 Å². The molecule has 2 aromatic heterocycles. The summed E-state index contributed by atoms with van der Waals surface area (Å²) < 4.78 is 21.2. The number of aliphatic hydroxyl groups is 2. The molecule has 1 aliphatic rings. The molecule has 0 unspecified atom stereocenters. The lowest BCUT2D eigenvalue weighted by Crippen LogP contribution is -2.24. The van der Waals surface area contributed by atoms with Crippen LogP contribution < -0.4 is 11.3 Å². The first-order chi connectivity index (χ1) is 9.77. The van der Waals surface area contributed by atoms with Crippen LogP contribution in [0.1, 0.15) is 15.4 Å². The van der Waals surface area contributed by atoms with Gasteiger partial charge in [-0.1, -0.05) is 0 Å². The number of nitrogens with two attached hydrogens (primary N) is 1. The fraction of sp³-hybridized carbons (Fsp3) is 0.500. The highest BCUT2D eigenvalue weighted by molar-refractivity contribution is 5.70. The van der Waals surface area contributed by atoms with Gasteiger partial charge in [0.05, 0.1) is 21.7 Å². The Balaban J connectivity index is 2.01. The Morgan fingerprint density at radius 3 is 3.21 bits per heavy atom. The average molecular weight is 269 g/mol. The van der Waals surface area contributed by atoms with Crippen molar-refractivity contribution in [3.63, 3.8) is 0 Å². The number of rotatable bonds is 2. The molecule has 19 heavy (non-hydrogen) atoms. The van der Waals surface area contributed by atoms with E-state index < -0.39 is 30.6 Å². The highest BCUT2D eigenvalue weighted by Crippen LogP contribution is 2.30. The molecule has 3 rings (SSSR count). The molecule has 1 saturated heterocycles. The number of imidazole rings is 1. The predicted molar refractivity (Wildman–Crippen MR) is 64.2 cm³/mol. The smallest absolute Gasteiger partial charge is 0.280 e. The number of H-pyrrole nitrogens is 1. The highest BCUT2D eigenvalue weighted by atomic mass is 16.5. The summed E-state index contributed by atoms with van der Waals surface area (Å²) in [6, 6.07) is 0. The Morgan fingerprint density at radius 1 is 1.74 bits per heavy atom. The van der Waals surface area contributed by atoms with Crippen molar-refractivity contribution in [2.24, 2.45) is 0 Å². The quantitative estimate of drug-likeness (QED) is 0.511. The van der Waals surface area contributed by atoms with Crippen molar-refractivity contribution in [3.05, 3.63) is 16.7 Å². The van der Waals surface area contributed by atoms with E-state index in [1.165, 1.54) is 10.9 Å². The number of nitrogens with one attached hydrogen (secondary N) is 1. The minimum atomic E-state index is -2.69. The zero-order valence-electron chi connectivity index (χ0n) is 11.6. The molecular formula is C10H13N5O4. The van der Waals surface area contributed by atoms with Crippen LogP contribution in [0.2, 0.25) is 0 Å². The van der Waals surface area contributed by atoms with Gasteiger partial charge in [-0.15, -0.1) is 0 Å². The molecule has 1 fully saturated rings. The third kappa shape index (κ3) is 1.87. The molecule has 102 valence electrons. The van der Waals surface area contributed by atoms with Crippen LogP contribution >= 0.6 is 0 Å². The third-order valence-electron chi connectivity index (χ3n) is 2.98. The lowest BCUT2D eigenvalue weighted by molar-refractivity contribution is -0.0432. The number of nitrogen functional groups attached to an aromatic ring is 1. The van der Waals surface area contributed by atoms with Crippen LogP contribution in [0.5, 0.6) is 0 Å². The summed E-state index contributed by atoms with van der Waals surface area (Å²) in [7, 11) is 0. The minimum absolute atomic E-state index is 0.0184. The van der Waals surface area contributed by atoms with Gasteiger partial charge < -0.3 is 20.7 Å². The van der Waals surface area contributed by atoms with E-state index in [0.29, 0.717) is 0 Å². The van der Waals surface area contributed by atoms with Crippen LogP contribution in [-0.2, 0) is 4.74 Å². The second-order valence-electron chi connectivity index (χ2n) is 4.22. The number of ether oxygens (including phenoxy) is 1. The van der Waals surface area contributed by atoms with Crippen molar-refractivity contribution in [2.75, 3.05) is 12.3 Å². The molecule has 1 aliphatic heterocycles. The predicted octanol–water partition coefficient (Wildman–Crippen LogP) is -1.66. The van der Waals surface area contributed by atoms with Crippen molar-refractivity contribution in [1.29, 1.82) is 0 Å². The van der Waals surface area contributed by atoms with E-state index in [0.717, 1.165) is 0 Å². The number of anilines is 1. The van der Waals surface area contributed by atoms with Crippen LogP contribution in [-0.4, -0.2) is 48.5 Å². The number of aromatic amines is 1. The lowest BCUT2D eigenvalue weighted by atomic mass is 10.2. The van der Waals surface area contributed by atoms with Gasteiger partial charge in [0.25, 0.3) is 5.56 Å². The largest absolute Gasteiger partial charge is 0.394 e. The minimum Gasteiger partial charge on any atom is -0.394 e. The van der Waals surface area contributed by atoms with Gasteiger partial charge in [0.1, 0.15) is 12.3 Å². The topological polar surface area (TPSA) is 139 Å². The number of hydrogen-bond acceptors (Lipinski definition) is 7. The molecule has 0 saturated carbocycles. The number of hydrogen-bond donors (Lipinski definition) is 4. The van der Waals surface area contributed by atoms with Crippen molar-refractivity contribution in [3.8, 4) is 0 Å². The van der Waals surface area contributed by atoms with Gasteiger partial charge in [0.15, 0.2) is 11.2 Å². The maximum absolute atomic E-state index is 11.7. The summed E-state index contributed by atoms with van der Waals surface area (Å²) in [4.78, 5) is 21.8. The van der Waals surface area contributed by atoms with E-state index in [4.69, 9.17) is 13.2 Å². The summed E-state index contributed by atoms with van der Waals surface area (Å²) in [5.41, 5.74) is 5.18. The zero-order chi connectivity index (χ0) is 15.4. The lowest BCUT2D eigenvalue weighted by Gasteiger charge is -2.13. The van der Waals surface area contributed by atoms with Crippen molar-refractivity contribution < 1.29 is 17.7 Å². The van der Waals surface area contributed by atoms with Crippen LogP contribution in [0, 0.1) is 0 Å². The number of aromatic nitrogens is 4. The van der Waals surface area contributed by atoms with Crippen molar-refractivity contribution in [2.45, 2.75) is 24.9 Å². The number of fused-ring (bicyclic) bond motifs is 1. The Morgan fingerprint density at radius 2 is 2.53 bits per heavy atom. The van der Waals surface area contributed by atoms with Gasteiger partial charge in [-0.2, -0.15) is 4.98 Å². The maximum Gasteiger partial charge on any atom is 0.280 e. The molecule has 0 amide bonds. The maximum atomic E-state index is 11.7. The number of aliphatic hydroxyl groups excluding tert-OH is 1. The normalized spacial score (nSPS) is 29.5. The molecule has 3 heterocycles. The fourth-order valence-corrected chi connectivity index (χ4v) is 2.10. The highest BCUT2D eigenvalue weighted by Gasteiger charge is 2.35. The molecule has 2 aromatic rings. The van der Waals surface area contributed by atoms with E-state index >= 15 is 0 Å².